The third-order valence-corrected chi connectivity index (χ3v) is 3.51. The van der Waals surface area contributed by atoms with Crippen molar-refractivity contribution in [2.24, 2.45) is 12.8 Å². The van der Waals surface area contributed by atoms with Gasteiger partial charge in [-0.05, 0) is 23.8 Å². The lowest BCUT2D eigenvalue weighted by molar-refractivity contribution is 0.628. The lowest BCUT2D eigenvalue weighted by atomic mass is 10.1. The number of para-hydroxylation sites is 1. The molecule has 2 aromatic carbocycles. The number of aromatic nitrogens is 1. The molecule has 96 valence electrons. The molecule has 1 aromatic heterocycles. The lowest BCUT2D eigenvalue weighted by Gasteiger charge is -2.07. The Morgan fingerprint density at radius 3 is 2.63 bits per heavy atom. The van der Waals surface area contributed by atoms with Crippen molar-refractivity contribution in [1.29, 1.82) is 0 Å². The summed E-state index contributed by atoms with van der Waals surface area (Å²) in [6.45, 7) is 0.438. The van der Waals surface area contributed by atoms with Crippen LogP contribution in [0.25, 0.3) is 22.2 Å². The second-order valence-corrected chi connectivity index (χ2v) is 4.62. The number of hydrogen-bond acceptors (Lipinski definition) is 1. The van der Waals surface area contributed by atoms with Crippen molar-refractivity contribution in [2.45, 2.75) is 6.54 Å². The zero-order valence-electron chi connectivity index (χ0n) is 10.7. The van der Waals surface area contributed by atoms with Gasteiger partial charge in [0, 0.05) is 30.1 Å². The lowest BCUT2D eigenvalue weighted by Crippen LogP contribution is -2.00. The van der Waals surface area contributed by atoms with Crippen LogP contribution in [-0.2, 0) is 13.6 Å². The summed E-state index contributed by atoms with van der Waals surface area (Å²) in [4.78, 5) is 0. The van der Waals surface area contributed by atoms with Gasteiger partial charge in [0.1, 0.15) is 5.82 Å². The highest BCUT2D eigenvalue weighted by molar-refractivity contribution is 5.91. The van der Waals surface area contributed by atoms with Crippen molar-refractivity contribution in [1.82, 2.24) is 4.57 Å². The molecule has 0 unspecified atom stereocenters. The van der Waals surface area contributed by atoms with Crippen LogP contribution in [0.3, 0.4) is 0 Å². The average Bonchev–Trinajstić information content (AvgIpc) is 2.72. The number of nitrogens with two attached hydrogens (primary N) is 1. The highest BCUT2D eigenvalue weighted by Crippen LogP contribution is 2.32. The summed E-state index contributed by atoms with van der Waals surface area (Å²) in [5.74, 6) is -0.231. The molecule has 3 aromatic rings. The van der Waals surface area contributed by atoms with E-state index in [1.165, 1.54) is 6.07 Å². The summed E-state index contributed by atoms with van der Waals surface area (Å²) in [6.07, 6.45) is 0. The average molecular weight is 254 g/mol. The molecule has 0 aliphatic heterocycles. The molecule has 1 heterocycles. The summed E-state index contributed by atoms with van der Waals surface area (Å²) < 4.78 is 15.5. The van der Waals surface area contributed by atoms with E-state index >= 15 is 0 Å². The van der Waals surface area contributed by atoms with Crippen molar-refractivity contribution >= 4 is 10.9 Å². The molecule has 2 N–H and O–H groups in total. The van der Waals surface area contributed by atoms with Crippen LogP contribution in [0.4, 0.5) is 4.39 Å². The maximum Gasteiger partial charge on any atom is 0.123 e. The molecule has 0 bridgehead atoms. The number of fused-ring (bicyclic) bond motifs is 1. The van der Waals surface area contributed by atoms with Gasteiger partial charge in [-0.2, -0.15) is 0 Å². The molecule has 0 amide bonds. The quantitative estimate of drug-likeness (QED) is 0.746. The summed E-state index contributed by atoms with van der Waals surface area (Å²) in [5.41, 5.74) is 9.92. The van der Waals surface area contributed by atoms with Crippen LogP contribution in [0.5, 0.6) is 0 Å². The van der Waals surface area contributed by atoms with Gasteiger partial charge in [0.15, 0.2) is 0 Å². The minimum atomic E-state index is -0.231. The molecule has 19 heavy (non-hydrogen) atoms. The molecule has 0 aliphatic rings. The highest BCUT2D eigenvalue weighted by Gasteiger charge is 2.15. The number of nitrogens with zero attached hydrogens (tertiary/aromatic N) is 1. The Morgan fingerprint density at radius 2 is 1.89 bits per heavy atom. The van der Waals surface area contributed by atoms with Gasteiger partial charge in [0.25, 0.3) is 0 Å². The first-order valence-corrected chi connectivity index (χ1v) is 6.24. The Labute approximate surface area is 111 Å². The van der Waals surface area contributed by atoms with Crippen LogP contribution >= 0.6 is 0 Å². The van der Waals surface area contributed by atoms with Gasteiger partial charge in [-0.15, -0.1) is 0 Å². The van der Waals surface area contributed by atoms with E-state index in [2.05, 4.69) is 16.7 Å². The fraction of sp³-hybridized carbons (Fsp3) is 0.125. The smallest absolute Gasteiger partial charge is 0.123 e. The molecule has 3 heteroatoms. The van der Waals surface area contributed by atoms with Gasteiger partial charge in [-0.3, -0.25) is 0 Å². The number of hydrogen-bond donors (Lipinski definition) is 1. The minimum absolute atomic E-state index is 0.231. The van der Waals surface area contributed by atoms with Crippen LogP contribution in [0.1, 0.15) is 5.56 Å². The van der Waals surface area contributed by atoms with E-state index in [1.54, 1.807) is 12.1 Å². The maximum absolute atomic E-state index is 13.4. The Kier molecular flexibility index (Phi) is 2.84. The van der Waals surface area contributed by atoms with E-state index in [0.717, 1.165) is 27.7 Å². The van der Waals surface area contributed by atoms with Crippen molar-refractivity contribution in [3.63, 3.8) is 0 Å². The fourth-order valence-corrected chi connectivity index (χ4v) is 2.68. The zero-order valence-corrected chi connectivity index (χ0v) is 10.7. The van der Waals surface area contributed by atoms with Crippen LogP contribution < -0.4 is 5.73 Å². The summed E-state index contributed by atoms with van der Waals surface area (Å²) in [6, 6.07) is 14.7. The third kappa shape index (κ3) is 1.83. The van der Waals surface area contributed by atoms with E-state index in [-0.39, 0.29) is 5.82 Å². The van der Waals surface area contributed by atoms with E-state index in [9.17, 15) is 4.39 Å². The Balaban J connectivity index is 2.37. The Morgan fingerprint density at radius 1 is 1.11 bits per heavy atom. The first kappa shape index (κ1) is 11.9. The molecule has 0 spiro atoms. The summed E-state index contributed by atoms with van der Waals surface area (Å²) in [7, 11) is 1.99. The van der Waals surface area contributed by atoms with E-state index in [1.807, 2.05) is 25.2 Å². The SMILES string of the molecule is Cn1c(-c2cccc(F)c2)c(CN)c2ccccc21. The molecule has 2 nitrogen and oxygen atoms in total. The standard InChI is InChI=1S/C16H15FN2/c1-19-15-8-3-2-7-13(15)14(10-18)16(19)11-5-4-6-12(17)9-11/h2-9H,10,18H2,1H3. The van der Waals surface area contributed by atoms with E-state index in [0.29, 0.717) is 6.54 Å². The molecule has 0 atom stereocenters. The van der Waals surface area contributed by atoms with Gasteiger partial charge < -0.3 is 10.3 Å². The second-order valence-electron chi connectivity index (χ2n) is 4.62. The fourth-order valence-electron chi connectivity index (χ4n) is 2.68. The third-order valence-electron chi connectivity index (χ3n) is 3.51. The van der Waals surface area contributed by atoms with Crippen molar-refractivity contribution in [2.75, 3.05) is 0 Å². The molecular weight excluding hydrogens is 239 g/mol. The number of benzene rings is 2. The van der Waals surface area contributed by atoms with Crippen molar-refractivity contribution in [3.05, 3.63) is 59.9 Å². The predicted molar refractivity (Wildman–Crippen MR) is 76.2 cm³/mol. The Bertz CT molecular complexity index is 744. The molecule has 0 saturated carbocycles. The zero-order chi connectivity index (χ0) is 13.4. The molecule has 0 aliphatic carbocycles. The van der Waals surface area contributed by atoms with Crippen molar-refractivity contribution < 1.29 is 4.39 Å². The van der Waals surface area contributed by atoms with Crippen molar-refractivity contribution in [3.8, 4) is 11.3 Å². The second kappa shape index (κ2) is 4.52. The van der Waals surface area contributed by atoms with Crippen LogP contribution in [0, 0.1) is 5.82 Å². The van der Waals surface area contributed by atoms with Crippen LogP contribution in [-0.4, -0.2) is 4.57 Å². The predicted octanol–water partition coefficient (Wildman–Crippen LogP) is 3.44. The first-order chi connectivity index (χ1) is 9.22. The van der Waals surface area contributed by atoms with Gasteiger partial charge in [0.2, 0.25) is 0 Å². The maximum atomic E-state index is 13.4. The number of aryl methyl sites for hydroxylation is 1. The van der Waals surface area contributed by atoms with Gasteiger partial charge in [-0.1, -0.05) is 30.3 Å². The molecule has 0 radical (unpaired) electrons. The first-order valence-electron chi connectivity index (χ1n) is 6.24. The Hall–Kier alpha value is -2.13. The topological polar surface area (TPSA) is 30.9 Å². The normalized spacial score (nSPS) is 11.1. The van der Waals surface area contributed by atoms with Gasteiger partial charge >= 0.3 is 0 Å². The van der Waals surface area contributed by atoms with Gasteiger partial charge in [0.05, 0.1) is 5.69 Å². The molecule has 3 rings (SSSR count). The molecule has 0 saturated heterocycles. The van der Waals surface area contributed by atoms with E-state index < -0.39 is 0 Å². The monoisotopic (exact) mass is 254 g/mol. The highest BCUT2D eigenvalue weighted by atomic mass is 19.1. The number of rotatable bonds is 2. The van der Waals surface area contributed by atoms with E-state index in [4.69, 9.17) is 5.73 Å². The molecule has 0 fully saturated rings. The number of halogens is 1. The largest absolute Gasteiger partial charge is 0.343 e. The minimum Gasteiger partial charge on any atom is -0.343 e. The summed E-state index contributed by atoms with van der Waals surface area (Å²) >= 11 is 0. The van der Waals surface area contributed by atoms with Crippen LogP contribution in [0.2, 0.25) is 0 Å². The van der Waals surface area contributed by atoms with Crippen LogP contribution in [0.15, 0.2) is 48.5 Å². The summed E-state index contributed by atoms with van der Waals surface area (Å²) in [5, 5.41) is 1.13. The molecular formula is C16H15FN2. The van der Waals surface area contributed by atoms with Gasteiger partial charge in [-0.25, -0.2) is 4.39 Å².